The number of carbonyl (C=O) groups excluding carboxylic acids is 2. The predicted molar refractivity (Wildman–Crippen MR) is 122 cm³/mol. The molecular formula is C23H23Cl2NO6. The van der Waals surface area contributed by atoms with Gasteiger partial charge in [-0.25, -0.2) is 0 Å². The van der Waals surface area contributed by atoms with Crippen LogP contribution in [0.15, 0.2) is 35.9 Å². The van der Waals surface area contributed by atoms with Crippen LogP contribution in [0.4, 0.5) is 0 Å². The Labute approximate surface area is 196 Å². The van der Waals surface area contributed by atoms with Crippen LogP contribution in [0.3, 0.4) is 0 Å². The van der Waals surface area contributed by atoms with E-state index >= 15 is 0 Å². The minimum absolute atomic E-state index is 0.0905. The minimum Gasteiger partial charge on any atom is -0.507 e. The molecule has 2 aromatic rings. The number of nitrogens with zero attached hydrogens (tertiary/aromatic N) is 1. The van der Waals surface area contributed by atoms with Crippen molar-refractivity contribution in [3.8, 4) is 17.2 Å². The van der Waals surface area contributed by atoms with Crippen molar-refractivity contribution in [2.45, 2.75) is 19.4 Å². The number of benzene rings is 2. The molecule has 1 aliphatic heterocycles. The number of Topliss-reactive ketones (excluding diaryl/α,β-unsaturated/α-hetero) is 1. The Balaban J connectivity index is 2.30. The second-order valence-electron chi connectivity index (χ2n) is 7.05. The fraction of sp³-hybridized carbons (Fsp3) is 0.304. The van der Waals surface area contributed by atoms with Crippen molar-refractivity contribution in [1.29, 1.82) is 0 Å². The minimum atomic E-state index is -0.889. The lowest BCUT2D eigenvalue weighted by atomic mass is 9.94. The molecule has 7 nitrogen and oxygen atoms in total. The van der Waals surface area contributed by atoms with Crippen molar-refractivity contribution in [3.05, 3.63) is 57.1 Å². The van der Waals surface area contributed by atoms with Crippen LogP contribution < -0.4 is 14.2 Å². The van der Waals surface area contributed by atoms with Crippen LogP contribution in [-0.2, 0) is 9.59 Å². The van der Waals surface area contributed by atoms with E-state index in [1.807, 2.05) is 6.92 Å². The quantitative estimate of drug-likeness (QED) is 0.347. The molecule has 170 valence electrons. The zero-order valence-electron chi connectivity index (χ0n) is 18.1. The number of methoxy groups -OCH3 is 3. The van der Waals surface area contributed by atoms with Crippen LogP contribution >= 0.6 is 23.2 Å². The summed E-state index contributed by atoms with van der Waals surface area (Å²) in [6.07, 6.45) is 0.607. The predicted octanol–water partition coefficient (Wildman–Crippen LogP) is 4.85. The standard InChI is InChI=1S/C23H23Cl2NO6/c1-5-9-26-18(13-7-6-8-16(30-2)21(13)31-3)17(20(28)23(26)29)19(27)12-10-14(24)22(32-4)15(25)11-12/h6-8,10-11,18,27H,5,9H2,1-4H3/b19-17+. The zero-order valence-corrected chi connectivity index (χ0v) is 19.6. The highest BCUT2D eigenvalue weighted by atomic mass is 35.5. The van der Waals surface area contributed by atoms with Gasteiger partial charge in [0.15, 0.2) is 17.2 Å². The SMILES string of the molecule is CCCN1C(=O)C(=O)/C(=C(/O)c2cc(Cl)c(OC)c(Cl)c2)C1c1cccc(OC)c1OC. The van der Waals surface area contributed by atoms with E-state index in [0.717, 1.165) is 0 Å². The van der Waals surface area contributed by atoms with Crippen LogP contribution in [-0.4, -0.2) is 49.6 Å². The van der Waals surface area contributed by atoms with Gasteiger partial charge in [-0.15, -0.1) is 0 Å². The molecule has 1 amide bonds. The number of carbonyl (C=O) groups is 2. The number of amides is 1. The molecule has 0 bridgehead atoms. The molecule has 0 radical (unpaired) electrons. The summed E-state index contributed by atoms with van der Waals surface area (Å²) in [5.41, 5.74) is 0.598. The van der Waals surface area contributed by atoms with E-state index in [1.165, 1.54) is 38.4 Å². The Bertz CT molecular complexity index is 1070. The normalized spacial score (nSPS) is 17.6. The van der Waals surface area contributed by atoms with E-state index in [9.17, 15) is 14.7 Å². The molecule has 1 heterocycles. The van der Waals surface area contributed by atoms with Gasteiger partial charge in [0.2, 0.25) is 0 Å². The van der Waals surface area contributed by atoms with Crippen molar-refractivity contribution in [3.63, 3.8) is 0 Å². The topological polar surface area (TPSA) is 85.3 Å². The molecule has 1 atom stereocenters. The number of ketones is 1. The van der Waals surface area contributed by atoms with Crippen LogP contribution in [0.25, 0.3) is 5.76 Å². The van der Waals surface area contributed by atoms with E-state index in [1.54, 1.807) is 18.2 Å². The summed E-state index contributed by atoms with van der Waals surface area (Å²) in [5.74, 6) is -0.893. The lowest BCUT2D eigenvalue weighted by molar-refractivity contribution is -0.139. The maximum Gasteiger partial charge on any atom is 0.295 e. The van der Waals surface area contributed by atoms with Crippen molar-refractivity contribution in [1.82, 2.24) is 4.90 Å². The molecule has 3 rings (SSSR count). The molecule has 0 aliphatic carbocycles. The largest absolute Gasteiger partial charge is 0.507 e. The van der Waals surface area contributed by atoms with Crippen LogP contribution in [0.5, 0.6) is 17.2 Å². The number of halogens is 2. The van der Waals surface area contributed by atoms with Gasteiger partial charge in [-0.2, -0.15) is 0 Å². The first-order chi connectivity index (χ1) is 15.3. The summed E-state index contributed by atoms with van der Waals surface area (Å²) in [4.78, 5) is 27.4. The maximum absolute atomic E-state index is 13.1. The first-order valence-corrected chi connectivity index (χ1v) is 10.6. The highest BCUT2D eigenvalue weighted by molar-refractivity contribution is 6.46. The summed E-state index contributed by atoms with van der Waals surface area (Å²) in [7, 11) is 4.38. The second-order valence-corrected chi connectivity index (χ2v) is 7.86. The van der Waals surface area contributed by atoms with E-state index in [4.69, 9.17) is 37.4 Å². The third kappa shape index (κ3) is 3.98. The third-order valence-electron chi connectivity index (χ3n) is 5.21. The monoisotopic (exact) mass is 479 g/mol. The van der Waals surface area contributed by atoms with Crippen molar-refractivity contribution >= 4 is 40.7 Å². The van der Waals surface area contributed by atoms with Crippen molar-refractivity contribution in [2.24, 2.45) is 0 Å². The molecule has 1 unspecified atom stereocenters. The van der Waals surface area contributed by atoms with Crippen LogP contribution in [0, 0.1) is 0 Å². The Kier molecular flexibility index (Phi) is 7.21. The van der Waals surface area contributed by atoms with Gasteiger partial charge in [0.1, 0.15) is 5.76 Å². The Morgan fingerprint density at radius 3 is 2.19 bits per heavy atom. The molecule has 9 heteroatoms. The molecule has 1 aliphatic rings. The molecule has 1 saturated heterocycles. The van der Waals surface area contributed by atoms with E-state index in [-0.39, 0.29) is 26.9 Å². The van der Waals surface area contributed by atoms with Crippen molar-refractivity contribution in [2.75, 3.05) is 27.9 Å². The summed E-state index contributed by atoms with van der Waals surface area (Å²) in [6.45, 7) is 2.19. The molecule has 0 aromatic heterocycles. The smallest absolute Gasteiger partial charge is 0.295 e. The third-order valence-corrected chi connectivity index (χ3v) is 5.77. The number of aliphatic hydroxyl groups excluding tert-OH is 1. The van der Waals surface area contributed by atoms with E-state index in [2.05, 4.69) is 0 Å². The van der Waals surface area contributed by atoms with E-state index < -0.39 is 23.5 Å². The highest BCUT2D eigenvalue weighted by Crippen LogP contribution is 2.46. The van der Waals surface area contributed by atoms with Gasteiger partial charge >= 0.3 is 0 Å². The summed E-state index contributed by atoms with van der Waals surface area (Å²) in [5, 5.41) is 11.5. The fourth-order valence-electron chi connectivity index (χ4n) is 3.85. The average molecular weight is 480 g/mol. The maximum atomic E-state index is 13.1. The molecule has 1 fully saturated rings. The number of aliphatic hydroxyl groups is 1. The molecule has 2 aromatic carbocycles. The summed E-state index contributed by atoms with van der Waals surface area (Å²) >= 11 is 12.5. The number of likely N-dealkylation sites (tertiary alicyclic amines) is 1. The molecule has 0 spiro atoms. The lowest BCUT2D eigenvalue weighted by Crippen LogP contribution is -2.30. The number of rotatable bonds is 7. The molecule has 0 saturated carbocycles. The van der Waals surface area contributed by atoms with Gasteiger partial charge in [-0.05, 0) is 24.6 Å². The van der Waals surface area contributed by atoms with Crippen molar-refractivity contribution < 1.29 is 28.9 Å². The Morgan fingerprint density at radius 1 is 1.03 bits per heavy atom. The van der Waals surface area contributed by atoms with Crippen LogP contribution in [0.1, 0.15) is 30.5 Å². The Hall–Kier alpha value is -2.90. The van der Waals surface area contributed by atoms with Crippen LogP contribution in [0.2, 0.25) is 10.0 Å². The average Bonchev–Trinajstić information content (AvgIpc) is 3.02. The molecular weight excluding hydrogens is 457 g/mol. The lowest BCUT2D eigenvalue weighted by Gasteiger charge is -2.26. The van der Waals surface area contributed by atoms with Gasteiger partial charge in [0, 0.05) is 17.7 Å². The summed E-state index contributed by atoms with van der Waals surface area (Å²) in [6, 6.07) is 7.12. The van der Waals surface area contributed by atoms with Gasteiger partial charge in [-0.1, -0.05) is 42.3 Å². The molecule has 1 N–H and O–H groups in total. The summed E-state index contributed by atoms with van der Waals surface area (Å²) < 4.78 is 16.1. The zero-order chi connectivity index (χ0) is 23.6. The highest BCUT2D eigenvalue weighted by Gasteiger charge is 2.47. The first kappa shape index (κ1) is 23.8. The van der Waals surface area contributed by atoms with Gasteiger partial charge in [0.05, 0.1) is 43.0 Å². The van der Waals surface area contributed by atoms with Gasteiger partial charge in [0.25, 0.3) is 11.7 Å². The second kappa shape index (κ2) is 9.71. The van der Waals surface area contributed by atoms with Gasteiger partial charge in [-0.3, -0.25) is 9.59 Å². The van der Waals surface area contributed by atoms with Gasteiger partial charge < -0.3 is 24.2 Å². The number of hydrogen-bond donors (Lipinski definition) is 1. The molecule has 32 heavy (non-hydrogen) atoms. The number of ether oxygens (including phenoxy) is 3. The Morgan fingerprint density at radius 2 is 1.66 bits per heavy atom. The van der Waals surface area contributed by atoms with E-state index in [0.29, 0.717) is 30.0 Å². The number of para-hydroxylation sites is 1. The fourth-order valence-corrected chi connectivity index (χ4v) is 4.49. The first-order valence-electron chi connectivity index (χ1n) is 9.83. The number of hydrogen-bond acceptors (Lipinski definition) is 6.